The molecule has 0 saturated heterocycles. The standard InChI is InChI=1S/C28H28FN3O2/c1-4-5-26(29)20(2)18-31-15-11-22(12-16-31)24-10-14-30-27-25(24)13-17-32(27)19-21-6-8-23(9-7-21)28(33)34-3/h4-11,13-14,17H,1-2,12,15-16,18-19H2,3H3. The summed E-state index contributed by atoms with van der Waals surface area (Å²) in [7, 11) is 1.38. The molecule has 6 heteroatoms. The maximum Gasteiger partial charge on any atom is 0.337 e. The van der Waals surface area contributed by atoms with Gasteiger partial charge in [0.05, 0.1) is 12.7 Å². The fraction of sp³-hybridized carbons (Fsp3) is 0.214. The van der Waals surface area contributed by atoms with Crippen LogP contribution in [0.1, 0.15) is 27.9 Å². The average molecular weight is 458 g/mol. The lowest BCUT2D eigenvalue weighted by molar-refractivity contribution is 0.0600. The summed E-state index contributed by atoms with van der Waals surface area (Å²) in [4.78, 5) is 18.5. The van der Waals surface area contributed by atoms with Gasteiger partial charge in [-0.1, -0.05) is 37.4 Å². The molecule has 0 radical (unpaired) electrons. The highest BCUT2D eigenvalue weighted by Crippen LogP contribution is 2.29. The van der Waals surface area contributed by atoms with E-state index in [1.54, 1.807) is 12.1 Å². The number of rotatable bonds is 8. The minimum Gasteiger partial charge on any atom is -0.465 e. The summed E-state index contributed by atoms with van der Waals surface area (Å²) in [6.45, 7) is 10.1. The topological polar surface area (TPSA) is 47.4 Å². The van der Waals surface area contributed by atoms with Crippen molar-refractivity contribution in [2.45, 2.75) is 13.0 Å². The number of benzene rings is 1. The van der Waals surface area contributed by atoms with Gasteiger partial charge >= 0.3 is 5.97 Å². The molecule has 0 aliphatic carbocycles. The van der Waals surface area contributed by atoms with Crippen LogP contribution in [0.25, 0.3) is 16.6 Å². The molecule has 1 aliphatic rings. The second kappa shape index (κ2) is 10.4. The molecule has 0 bridgehead atoms. The second-order valence-electron chi connectivity index (χ2n) is 8.30. The molecule has 3 aromatic rings. The number of carbonyl (C=O) groups excluding carboxylic acids is 1. The van der Waals surface area contributed by atoms with Crippen LogP contribution in [0.5, 0.6) is 0 Å². The Morgan fingerprint density at radius 3 is 2.71 bits per heavy atom. The Bertz CT molecular complexity index is 1280. The Balaban J connectivity index is 1.49. The molecule has 34 heavy (non-hydrogen) atoms. The quantitative estimate of drug-likeness (QED) is 0.328. The molecule has 1 aromatic carbocycles. The average Bonchev–Trinajstić information content (AvgIpc) is 3.27. The lowest BCUT2D eigenvalue weighted by atomic mass is 9.97. The molecule has 0 spiro atoms. The van der Waals surface area contributed by atoms with Crippen LogP contribution in [0.2, 0.25) is 0 Å². The van der Waals surface area contributed by atoms with Crippen molar-refractivity contribution in [3.63, 3.8) is 0 Å². The zero-order chi connectivity index (χ0) is 24.1. The van der Waals surface area contributed by atoms with E-state index < -0.39 is 0 Å². The summed E-state index contributed by atoms with van der Waals surface area (Å²) in [6.07, 6.45) is 9.76. The molecule has 2 aromatic heterocycles. The summed E-state index contributed by atoms with van der Waals surface area (Å²) >= 11 is 0. The summed E-state index contributed by atoms with van der Waals surface area (Å²) < 4.78 is 20.8. The number of halogens is 1. The van der Waals surface area contributed by atoms with Crippen molar-refractivity contribution in [2.75, 3.05) is 26.7 Å². The molecule has 174 valence electrons. The number of allylic oxidation sites excluding steroid dienone is 2. The number of nitrogens with zero attached hydrogens (tertiary/aromatic N) is 3. The predicted octanol–water partition coefficient (Wildman–Crippen LogP) is 5.56. The Labute approximate surface area is 199 Å². The molecule has 5 nitrogen and oxygen atoms in total. The molecule has 0 N–H and O–H groups in total. The van der Waals surface area contributed by atoms with Gasteiger partial charge in [0.2, 0.25) is 0 Å². The molecule has 1 aliphatic heterocycles. The Morgan fingerprint density at radius 1 is 1.24 bits per heavy atom. The van der Waals surface area contributed by atoms with Gasteiger partial charge in [0.15, 0.2) is 0 Å². The van der Waals surface area contributed by atoms with E-state index in [-0.39, 0.29) is 11.8 Å². The maximum atomic E-state index is 13.9. The van der Waals surface area contributed by atoms with Crippen LogP contribution in [-0.2, 0) is 11.3 Å². The largest absolute Gasteiger partial charge is 0.465 e. The summed E-state index contributed by atoms with van der Waals surface area (Å²) in [5, 5.41) is 1.11. The first-order valence-corrected chi connectivity index (χ1v) is 11.2. The fourth-order valence-corrected chi connectivity index (χ4v) is 4.23. The van der Waals surface area contributed by atoms with Crippen LogP contribution in [0, 0.1) is 0 Å². The van der Waals surface area contributed by atoms with Gasteiger partial charge in [0, 0.05) is 44.0 Å². The minimum absolute atomic E-state index is 0.318. The Hall–Kier alpha value is -3.77. The summed E-state index contributed by atoms with van der Waals surface area (Å²) in [5.41, 5.74) is 5.45. The molecule has 3 heterocycles. The molecule has 0 atom stereocenters. The van der Waals surface area contributed by atoms with E-state index in [4.69, 9.17) is 4.74 Å². The second-order valence-corrected chi connectivity index (χ2v) is 8.30. The number of hydrogen-bond acceptors (Lipinski definition) is 4. The van der Waals surface area contributed by atoms with Gasteiger partial charge in [0.1, 0.15) is 11.5 Å². The number of hydrogen-bond donors (Lipinski definition) is 0. The van der Waals surface area contributed by atoms with Gasteiger partial charge in [-0.15, -0.1) is 0 Å². The summed E-state index contributed by atoms with van der Waals surface area (Å²) in [5.74, 6) is -0.659. The van der Waals surface area contributed by atoms with Crippen molar-refractivity contribution in [1.82, 2.24) is 14.5 Å². The molecule has 0 saturated carbocycles. The number of pyridine rings is 1. The van der Waals surface area contributed by atoms with E-state index in [1.807, 2.05) is 24.5 Å². The molecular weight excluding hydrogens is 429 g/mol. The highest BCUT2D eigenvalue weighted by molar-refractivity contribution is 5.91. The van der Waals surface area contributed by atoms with Gasteiger partial charge in [0.25, 0.3) is 0 Å². The van der Waals surface area contributed by atoms with E-state index >= 15 is 0 Å². The molecule has 4 rings (SSSR count). The molecule has 0 fully saturated rings. The number of carbonyl (C=O) groups is 1. The minimum atomic E-state index is -0.341. The number of methoxy groups -OCH3 is 1. The SMILES string of the molecule is C=CC=C(F)C(=C)CN1CC=C(c2ccnc3c2ccn3Cc2ccc(C(=O)OC)cc2)CC1. The third kappa shape index (κ3) is 5.07. The third-order valence-corrected chi connectivity index (χ3v) is 6.05. The fourth-order valence-electron chi connectivity index (χ4n) is 4.23. The lowest BCUT2D eigenvalue weighted by Gasteiger charge is -2.27. The Kier molecular flexibility index (Phi) is 7.18. The van der Waals surface area contributed by atoms with E-state index in [2.05, 4.69) is 45.8 Å². The maximum absolute atomic E-state index is 13.9. The van der Waals surface area contributed by atoms with Crippen LogP contribution in [0.4, 0.5) is 4.39 Å². The number of ether oxygens (including phenoxy) is 1. The smallest absolute Gasteiger partial charge is 0.337 e. The first-order chi connectivity index (χ1) is 16.5. The van der Waals surface area contributed by atoms with E-state index in [0.717, 1.165) is 36.1 Å². The van der Waals surface area contributed by atoms with Crippen molar-refractivity contribution >= 4 is 22.6 Å². The Morgan fingerprint density at radius 2 is 2.03 bits per heavy atom. The van der Waals surface area contributed by atoms with Gasteiger partial charge < -0.3 is 9.30 Å². The van der Waals surface area contributed by atoms with E-state index in [1.165, 1.54) is 30.4 Å². The molecule has 0 amide bonds. The monoisotopic (exact) mass is 457 g/mol. The van der Waals surface area contributed by atoms with E-state index in [9.17, 15) is 9.18 Å². The van der Waals surface area contributed by atoms with Crippen molar-refractivity contribution < 1.29 is 13.9 Å². The normalized spacial score (nSPS) is 14.6. The van der Waals surface area contributed by atoms with Crippen LogP contribution >= 0.6 is 0 Å². The van der Waals surface area contributed by atoms with Crippen LogP contribution < -0.4 is 0 Å². The lowest BCUT2D eigenvalue weighted by Crippen LogP contribution is -2.30. The first-order valence-electron chi connectivity index (χ1n) is 11.2. The third-order valence-electron chi connectivity index (χ3n) is 6.05. The van der Waals surface area contributed by atoms with Gasteiger partial charge in [-0.05, 0) is 59.0 Å². The highest BCUT2D eigenvalue weighted by atomic mass is 19.1. The van der Waals surface area contributed by atoms with Crippen molar-refractivity contribution in [2.24, 2.45) is 0 Å². The van der Waals surface area contributed by atoms with Crippen molar-refractivity contribution in [3.05, 3.63) is 108 Å². The van der Waals surface area contributed by atoms with Crippen LogP contribution in [0.15, 0.2) is 91.6 Å². The predicted molar refractivity (Wildman–Crippen MR) is 134 cm³/mol. The number of fused-ring (bicyclic) bond motifs is 1. The van der Waals surface area contributed by atoms with Crippen LogP contribution in [0.3, 0.4) is 0 Å². The van der Waals surface area contributed by atoms with Gasteiger partial charge in [-0.2, -0.15) is 0 Å². The van der Waals surface area contributed by atoms with Crippen molar-refractivity contribution in [1.29, 1.82) is 0 Å². The zero-order valence-electron chi connectivity index (χ0n) is 19.3. The van der Waals surface area contributed by atoms with Gasteiger partial charge in [-0.3, -0.25) is 4.90 Å². The number of esters is 1. The zero-order valence-corrected chi connectivity index (χ0v) is 19.3. The highest BCUT2D eigenvalue weighted by Gasteiger charge is 2.17. The van der Waals surface area contributed by atoms with Crippen LogP contribution in [-0.4, -0.2) is 47.2 Å². The van der Waals surface area contributed by atoms with Crippen molar-refractivity contribution in [3.8, 4) is 0 Å². The first kappa shape index (κ1) is 23.4. The van der Waals surface area contributed by atoms with E-state index in [0.29, 0.717) is 24.2 Å². The summed E-state index contributed by atoms with van der Waals surface area (Å²) in [6, 6.07) is 11.6. The van der Waals surface area contributed by atoms with Gasteiger partial charge in [-0.25, -0.2) is 14.2 Å². The molecular formula is C28H28FN3O2. The molecule has 0 unspecified atom stereocenters. The number of aromatic nitrogens is 2.